The highest BCUT2D eigenvalue weighted by Gasteiger charge is 2.05. The van der Waals surface area contributed by atoms with E-state index in [9.17, 15) is 4.79 Å². The summed E-state index contributed by atoms with van der Waals surface area (Å²) >= 11 is 1.54. The smallest absolute Gasteiger partial charge is 0.230 e. The van der Waals surface area contributed by atoms with Crippen LogP contribution in [-0.4, -0.2) is 23.4 Å². The predicted molar refractivity (Wildman–Crippen MR) is 85.3 cm³/mol. The van der Waals surface area contributed by atoms with Crippen LogP contribution >= 0.6 is 11.8 Å². The van der Waals surface area contributed by atoms with E-state index >= 15 is 0 Å². The maximum atomic E-state index is 11.7. The summed E-state index contributed by atoms with van der Waals surface area (Å²) in [5, 5.41) is 6.84. The third-order valence-electron chi connectivity index (χ3n) is 3.14. The molecular weight excluding hydrogens is 284 g/mol. The van der Waals surface area contributed by atoms with E-state index in [4.69, 9.17) is 4.52 Å². The van der Waals surface area contributed by atoms with Crippen LogP contribution in [-0.2, 0) is 17.0 Å². The van der Waals surface area contributed by atoms with Crippen LogP contribution in [0.5, 0.6) is 0 Å². The second-order valence-corrected chi connectivity index (χ2v) is 5.93. The van der Waals surface area contributed by atoms with Crippen molar-refractivity contribution < 1.29 is 9.32 Å². The Morgan fingerprint density at radius 1 is 1.33 bits per heavy atom. The molecule has 2 rings (SSSR count). The zero-order valence-corrected chi connectivity index (χ0v) is 13.2. The van der Waals surface area contributed by atoms with Crippen molar-refractivity contribution in [3.8, 4) is 0 Å². The first-order valence-electron chi connectivity index (χ1n) is 6.96. The number of amides is 1. The average Bonchev–Trinajstić information content (AvgIpc) is 2.87. The Hall–Kier alpha value is -1.75. The Kier molecular flexibility index (Phi) is 5.87. The van der Waals surface area contributed by atoms with E-state index in [1.165, 1.54) is 11.1 Å². The molecule has 21 heavy (non-hydrogen) atoms. The largest absolute Gasteiger partial charge is 0.361 e. The summed E-state index contributed by atoms with van der Waals surface area (Å²) < 4.78 is 4.98. The van der Waals surface area contributed by atoms with E-state index in [0.717, 1.165) is 17.9 Å². The molecule has 1 amide bonds. The molecule has 0 saturated heterocycles. The van der Waals surface area contributed by atoms with E-state index in [-0.39, 0.29) is 5.91 Å². The number of nitrogens with zero attached hydrogens (tertiary/aromatic N) is 1. The van der Waals surface area contributed by atoms with E-state index in [2.05, 4.69) is 29.5 Å². The molecule has 4 nitrogen and oxygen atoms in total. The van der Waals surface area contributed by atoms with E-state index in [1.54, 1.807) is 11.8 Å². The number of nitrogens with one attached hydrogen (secondary N) is 1. The Labute approximate surface area is 129 Å². The van der Waals surface area contributed by atoms with Gasteiger partial charge >= 0.3 is 0 Å². The number of thioether (sulfide) groups is 1. The Bertz CT molecular complexity index is 595. The lowest BCUT2D eigenvalue weighted by Crippen LogP contribution is -2.27. The molecule has 0 aliphatic rings. The van der Waals surface area contributed by atoms with Crippen molar-refractivity contribution in [1.29, 1.82) is 0 Å². The maximum Gasteiger partial charge on any atom is 0.230 e. The summed E-state index contributed by atoms with van der Waals surface area (Å²) in [6.45, 7) is 4.62. The molecule has 0 spiro atoms. The average molecular weight is 304 g/mol. The number of hydrogen-bond acceptors (Lipinski definition) is 4. The van der Waals surface area contributed by atoms with Gasteiger partial charge in [-0.25, -0.2) is 0 Å². The zero-order valence-electron chi connectivity index (χ0n) is 12.4. The molecule has 1 heterocycles. The van der Waals surface area contributed by atoms with Gasteiger partial charge in [-0.15, -0.1) is 11.8 Å². The van der Waals surface area contributed by atoms with Crippen molar-refractivity contribution in [3.05, 3.63) is 52.9 Å². The molecule has 0 aliphatic heterocycles. The lowest BCUT2D eigenvalue weighted by atomic mass is 10.1. The van der Waals surface area contributed by atoms with Crippen molar-refractivity contribution in [2.45, 2.75) is 26.0 Å². The molecule has 0 bridgehead atoms. The summed E-state index contributed by atoms with van der Waals surface area (Å²) in [5.41, 5.74) is 3.43. The highest BCUT2D eigenvalue weighted by molar-refractivity contribution is 7.99. The molecular formula is C16H20N2O2S. The quantitative estimate of drug-likeness (QED) is 0.854. The van der Waals surface area contributed by atoms with E-state index in [0.29, 0.717) is 18.1 Å². The summed E-state index contributed by atoms with van der Waals surface area (Å²) in [5.74, 6) is 2.00. The summed E-state index contributed by atoms with van der Waals surface area (Å²) in [4.78, 5) is 11.7. The molecule has 0 saturated carbocycles. The number of rotatable bonds is 7. The molecule has 0 atom stereocenters. The first kappa shape index (κ1) is 15.6. The standard InChI is InChI=1S/C16H20N2O2S/c1-12-5-3-4-6-14(12)7-8-17-16(19)11-21-10-15-9-13(2)20-18-15/h3-6,9H,7-8,10-11H2,1-2H3,(H,17,19). The molecule has 2 aromatic rings. The van der Waals surface area contributed by atoms with Gasteiger partial charge < -0.3 is 9.84 Å². The van der Waals surface area contributed by atoms with Crippen LogP contribution in [0.2, 0.25) is 0 Å². The summed E-state index contributed by atoms with van der Waals surface area (Å²) in [6, 6.07) is 10.1. The van der Waals surface area contributed by atoms with Crippen LogP contribution in [0.25, 0.3) is 0 Å². The lowest BCUT2D eigenvalue weighted by Gasteiger charge is -2.07. The summed E-state index contributed by atoms with van der Waals surface area (Å²) in [6.07, 6.45) is 0.867. The molecule has 0 unspecified atom stereocenters. The van der Waals surface area contributed by atoms with Gasteiger partial charge in [-0.05, 0) is 31.4 Å². The number of hydrogen-bond donors (Lipinski definition) is 1. The van der Waals surface area contributed by atoms with Crippen LogP contribution in [0.15, 0.2) is 34.9 Å². The Morgan fingerprint density at radius 3 is 2.86 bits per heavy atom. The lowest BCUT2D eigenvalue weighted by molar-refractivity contribution is -0.118. The van der Waals surface area contributed by atoms with Gasteiger partial charge in [0.25, 0.3) is 0 Å². The third kappa shape index (κ3) is 5.27. The van der Waals surface area contributed by atoms with Crippen LogP contribution in [0.4, 0.5) is 0 Å². The highest BCUT2D eigenvalue weighted by Crippen LogP contribution is 2.11. The minimum absolute atomic E-state index is 0.0637. The third-order valence-corrected chi connectivity index (χ3v) is 4.10. The molecule has 5 heteroatoms. The number of carbonyl (C=O) groups excluding carboxylic acids is 1. The van der Waals surface area contributed by atoms with Crippen LogP contribution in [0, 0.1) is 13.8 Å². The van der Waals surface area contributed by atoms with E-state index < -0.39 is 0 Å². The fourth-order valence-electron chi connectivity index (χ4n) is 2.01. The maximum absolute atomic E-state index is 11.7. The van der Waals surface area contributed by atoms with Gasteiger partial charge in [0.2, 0.25) is 5.91 Å². The Balaban J connectivity index is 1.63. The van der Waals surface area contributed by atoms with Crippen molar-refractivity contribution in [2.75, 3.05) is 12.3 Å². The fraction of sp³-hybridized carbons (Fsp3) is 0.375. The SMILES string of the molecule is Cc1cc(CSCC(=O)NCCc2ccccc2C)no1. The molecule has 1 N–H and O–H groups in total. The number of aryl methyl sites for hydroxylation is 2. The van der Waals surface area contributed by atoms with Gasteiger partial charge in [0.15, 0.2) is 0 Å². The molecule has 0 aliphatic carbocycles. The molecule has 1 aromatic carbocycles. The zero-order chi connectivity index (χ0) is 15.1. The minimum atomic E-state index is 0.0637. The second kappa shape index (κ2) is 7.88. The topological polar surface area (TPSA) is 55.1 Å². The molecule has 0 radical (unpaired) electrons. The van der Waals surface area contributed by atoms with Gasteiger partial charge in [-0.1, -0.05) is 29.4 Å². The molecule has 1 aromatic heterocycles. The van der Waals surface area contributed by atoms with Crippen molar-refractivity contribution in [2.24, 2.45) is 0 Å². The molecule has 112 valence electrons. The van der Waals surface area contributed by atoms with E-state index in [1.807, 2.05) is 25.1 Å². The van der Waals surface area contributed by atoms with Crippen molar-refractivity contribution >= 4 is 17.7 Å². The Morgan fingerprint density at radius 2 is 2.14 bits per heavy atom. The normalized spacial score (nSPS) is 10.6. The molecule has 0 fully saturated rings. The number of benzene rings is 1. The van der Waals surface area contributed by atoms with Gasteiger partial charge in [-0.3, -0.25) is 4.79 Å². The first-order valence-corrected chi connectivity index (χ1v) is 8.12. The van der Waals surface area contributed by atoms with Crippen LogP contribution in [0.1, 0.15) is 22.6 Å². The number of carbonyl (C=O) groups is 1. The second-order valence-electron chi connectivity index (χ2n) is 4.95. The monoisotopic (exact) mass is 304 g/mol. The van der Waals surface area contributed by atoms with Crippen molar-refractivity contribution in [3.63, 3.8) is 0 Å². The van der Waals surface area contributed by atoms with Gasteiger partial charge in [0.1, 0.15) is 5.76 Å². The summed E-state index contributed by atoms with van der Waals surface area (Å²) in [7, 11) is 0. The highest BCUT2D eigenvalue weighted by atomic mass is 32.2. The van der Waals surface area contributed by atoms with Gasteiger partial charge in [0, 0.05) is 18.4 Å². The van der Waals surface area contributed by atoms with Crippen LogP contribution in [0.3, 0.4) is 0 Å². The first-order chi connectivity index (χ1) is 10.1. The van der Waals surface area contributed by atoms with Gasteiger partial charge in [0.05, 0.1) is 11.4 Å². The van der Waals surface area contributed by atoms with Gasteiger partial charge in [-0.2, -0.15) is 0 Å². The predicted octanol–water partition coefficient (Wildman–Crippen LogP) is 2.88. The fourth-order valence-corrected chi connectivity index (χ4v) is 2.75. The van der Waals surface area contributed by atoms with Crippen LogP contribution < -0.4 is 5.32 Å². The van der Waals surface area contributed by atoms with Crippen molar-refractivity contribution in [1.82, 2.24) is 10.5 Å². The number of aromatic nitrogens is 1. The minimum Gasteiger partial charge on any atom is -0.361 e.